The predicted molar refractivity (Wildman–Crippen MR) is 74.3 cm³/mol. The number of nitro groups is 1. The van der Waals surface area contributed by atoms with E-state index in [0.29, 0.717) is 13.0 Å². The monoisotopic (exact) mass is 366 g/mol. The highest BCUT2D eigenvalue weighted by Gasteiger charge is 2.18. The Kier molecular flexibility index (Phi) is 6.59. The summed E-state index contributed by atoms with van der Waals surface area (Å²) in [4.78, 5) is 31.9. The summed E-state index contributed by atoms with van der Waals surface area (Å²) in [6.45, 7) is 0.590. The van der Waals surface area contributed by atoms with Crippen LogP contribution in [0.3, 0.4) is 0 Å². The highest BCUT2D eigenvalue weighted by molar-refractivity contribution is 9.10. The number of hydrogen-bond acceptors (Lipinski definition) is 5. The molecule has 0 aliphatic rings. The van der Waals surface area contributed by atoms with Gasteiger partial charge in [0.1, 0.15) is 4.47 Å². The summed E-state index contributed by atoms with van der Waals surface area (Å²) in [5, 5.41) is 16.5. The minimum Gasteiger partial charge on any atom is -0.358 e. The summed E-state index contributed by atoms with van der Waals surface area (Å²) < 4.78 is 1.59. The van der Waals surface area contributed by atoms with E-state index in [1.165, 1.54) is 10.9 Å². The van der Waals surface area contributed by atoms with Crippen molar-refractivity contribution in [3.05, 3.63) is 20.8 Å². The molecule has 1 aromatic heterocycles. The predicted octanol–water partition coefficient (Wildman–Crippen LogP) is 1.61. The van der Waals surface area contributed by atoms with Crippen LogP contribution in [0.1, 0.15) is 19.3 Å². The molecule has 0 aromatic carbocycles. The third-order valence-corrected chi connectivity index (χ3v) is 3.06. The molecule has 0 fully saturated rings. The number of aromatic nitrogens is 2. The number of carbonyl (C=O) groups excluding carboxylic acids is 2. The van der Waals surface area contributed by atoms with Crippen LogP contribution in [0.4, 0.5) is 5.82 Å². The molecule has 20 heavy (non-hydrogen) atoms. The fraction of sp³-hybridized carbons (Fsp3) is 0.500. The van der Waals surface area contributed by atoms with Crippen LogP contribution in [0.2, 0.25) is 0 Å². The average Bonchev–Trinajstić information content (AvgIpc) is 2.73. The van der Waals surface area contributed by atoms with Crippen LogP contribution in [0.15, 0.2) is 10.7 Å². The molecule has 0 saturated carbocycles. The number of nitrogens with one attached hydrogen (secondary N) is 1. The highest BCUT2D eigenvalue weighted by atomic mass is 79.9. The lowest BCUT2D eigenvalue weighted by Crippen LogP contribution is -2.25. The molecule has 10 heteroatoms. The van der Waals surface area contributed by atoms with Crippen molar-refractivity contribution in [1.29, 1.82) is 0 Å². The van der Waals surface area contributed by atoms with E-state index in [2.05, 4.69) is 26.3 Å². The molecule has 0 aliphatic carbocycles. The smallest absolute Gasteiger partial charge is 0.358 e. The topological polar surface area (TPSA) is 107 Å². The van der Waals surface area contributed by atoms with Gasteiger partial charge >= 0.3 is 5.82 Å². The number of aryl methyl sites for hydroxylation is 1. The van der Waals surface area contributed by atoms with Gasteiger partial charge in [0.2, 0.25) is 11.1 Å². The second-order valence-electron chi connectivity index (χ2n) is 3.88. The molecular weight excluding hydrogens is 355 g/mol. The van der Waals surface area contributed by atoms with Crippen LogP contribution >= 0.6 is 27.5 Å². The first kappa shape index (κ1) is 16.6. The van der Waals surface area contributed by atoms with Gasteiger partial charge in [0.05, 0.1) is 17.8 Å². The van der Waals surface area contributed by atoms with E-state index in [-0.39, 0.29) is 35.6 Å². The van der Waals surface area contributed by atoms with E-state index < -0.39 is 10.2 Å². The summed E-state index contributed by atoms with van der Waals surface area (Å²) in [7, 11) is 0. The Balaban J connectivity index is 2.32. The maximum atomic E-state index is 11.5. The van der Waals surface area contributed by atoms with E-state index in [1.807, 2.05) is 0 Å². The molecule has 1 N–H and O–H groups in total. The standard InChI is InChI=1S/C10H12BrClN4O4/c11-7-6-15(14-10(7)16(19)20)5-3-9(18)13-4-1-2-8(12)17/h6H,1-5H2,(H,13,18). The maximum Gasteiger partial charge on any atom is 0.404 e. The van der Waals surface area contributed by atoms with Gasteiger partial charge in [-0.25, -0.2) is 0 Å². The van der Waals surface area contributed by atoms with Crippen molar-refractivity contribution < 1.29 is 14.5 Å². The normalized spacial score (nSPS) is 10.3. The first-order valence-electron chi connectivity index (χ1n) is 5.72. The largest absolute Gasteiger partial charge is 0.404 e. The molecular formula is C10H12BrClN4O4. The van der Waals surface area contributed by atoms with Crippen LogP contribution in [0.25, 0.3) is 0 Å². The van der Waals surface area contributed by atoms with Crippen LogP contribution in [0.5, 0.6) is 0 Å². The number of halogens is 2. The van der Waals surface area contributed by atoms with Gasteiger partial charge in [-0.15, -0.1) is 0 Å². The fourth-order valence-electron chi connectivity index (χ4n) is 1.38. The van der Waals surface area contributed by atoms with Crippen LogP contribution in [0, 0.1) is 10.1 Å². The van der Waals surface area contributed by atoms with Gasteiger partial charge in [0, 0.05) is 19.4 Å². The lowest BCUT2D eigenvalue weighted by atomic mass is 10.3. The van der Waals surface area contributed by atoms with Crippen LogP contribution in [-0.2, 0) is 16.1 Å². The van der Waals surface area contributed by atoms with Gasteiger partial charge in [0.15, 0.2) is 0 Å². The lowest BCUT2D eigenvalue weighted by molar-refractivity contribution is -0.390. The van der Waals surface area contributed by atoms with Gasteiger partial charge in [0.25, 0.3) is 0 Å². The van der Waals surface area contributed by atoms with Crippen molar-refractivity contribution in [2.75, 3.05) is 6.54 Å². The summed E-state index contributed by atoms with van der Waals surface area (Å²) in [6.07, 6.45) is 2.27. The summed E-state index contributed by atoms with van der Waals surface area (Å²) in [5.74, 6) is -0.507. The average molecular weight is 368 g/mol. The maximum absolute atomic E-state index is 11.5. The number of carbonyl (C=O) groups is 2. The summed E-state index contributed by atoms with van der Waals surface area (Å²) in [6, 6.07) is 0. The number of rotatable bonds is 8. The highest BCUT2D eigenvalue weighted by Crippen LogP contribution is 2.21. The van der Waals surface area contributed by atoms with Gasteiger partial charge in [-0.3, -0.25) is 9.59 Å². The molecule has 1 aromatic rings. The minimum absolute atomic E-state index is 0.139. The second kappa shape index (κ2) is 7.95. The van der Waals surface area contributed by atoms with Gasteiger partial charge < -0.3 is 15.4 Å². The van der Waals surface area contributed by atoms with E-state index in [4.69, 9.17) is 11.6 Å². The van der Waals surface area contributed by atoms with Crippen molar-refractivity contribution in [3.8, 4) is 0 Å². The van der Waals surface area contributed by atoms with Crippen molar-refractivity contribution >= 4 is 44.5 Å². The Morgan fingerprint density at radius 1 is 1.50 bits per heavy atom. The molecule has 0 spiro atoms. The molecule has 1 rings (SSSR count). The Bertz CT molecular complexity index is 519. The molecule has 0 saturated heterocycles. The van der Waals surface area contributed by atoms with E-state index in [0.717, 1.165) is 0 Å². The molecule has 110 valence electrons. The van der Waals surface area contributed by atoms with Gasteiger partial charge in [-0.2, -0.15) is 4.68 Å². The molecule has 8 nitrogen and oxygen atoms in total. The third kappa shape index (κ3) is 5.66. The first-order valence-corrected chi connectivity index (χ1v) is 6.89. The van der Waals surface area contributed by atoms with Crippen molar-refractivity contribution in [2.45, 2.75) is 25.8 Å². The van der Waals surface area contributed by atoms with Crippen molar-refractivity contribution in [3.63, 3.8) is 0 Å². The molecule has 0 aliphatic heterocycles. The Morgan fingerprint density at radius 2 is 2.20 bits per heavy atom. The molecule has 0 atom stereocenters. The molecule has 1 heterocycles. The lowest BCUT2D eigenvalue weighted by Gasteiger charge is -2.02. The van der Waals surface area contributed by atoms with E-state index in [1.54, 1.807) is 0 Å². The zero-order chi connectivity index (χ0) is 15.1. The fourth-order valence-corrected chi connectivity index (χ4v) is 1.98. The Hall–Kier alpha value is -1.48. The zero-order valence-corrected chi connectivity index (χ0v) is 12.7. The summed E-state index contributed by atoms with van der Waals surface area (Å²) in [5.41, 5.74) is 0. The quantitative estimate of drug-likeness (QED) is 0.325. The molecule has 1 amide bonds. The minimum atomic E-state index is -0.607. The van der Waals surface area contributed by atoms with Gasteiger partial charge in [-0.05, 0) is 38.9 Å². The summed E-state index contributed by atoms with van der Waals surface area (Å²) >= 11 is 8.17. The third-order valence-electron chi connectivity index (χ3n) is 2.31. The number of amides is 1. The van der Waals surface area contributed by atoms with Crippen LogP contribution in [-0.4, -0.2) is 32.4 Å². The van der Waals surface area contributed by atoms with Gasteiger partial charge in [-0.1, -0.05) is 0 Å². The molecule has 0 bridgehead atoms. The zero-order valence-electron chi connectivity index (χ0n) is 10.3. The second-order valence-corrected chi connectivity index (χ2v) is 5.16. The van der Waals surface area contributed by atoms with Crippen molar-refractivity contribution in [2.24, 2.45) is 0 Å². The number of nitrogens with zero attached hydrogens (tertiary/aromatic N) is 3. The number of hydrogen-bond donors (Lipinski definition) is 1. The molecule has 0 radical (unpaired) electrons. The SMILES string of the molecule is O=C(Cl)CCCNC(=O)CCn1cc(Br)c([N+](=O)[O-])n1. The first-order chi connectivity index (χ1) is 9.40. The van der Waals surface area contributed by atoms with E-state index in [9.17, 15) is 19.7 Å². The Morgan fingerprint density at radius 3 is 2.75 bits per heavy atom. The van der Waals surface area contributed by atoms with E-state index >= 15 is 0 Å². The van der Waals surface area contributed by atoms with Crippen molar-refractivity contribution in [1.82, 2.24) is 15.1 Å². The Labute approximate surface area is 127 Å². The molecule has 0 unspecified atom stereocenters. The van der Waals surface area contributed by atoms with Crippen LogP contribution < -0.4 is 5.32 Å².